The Bertz CT molecular complexity index is 181. The average molecular weight is 185 g/mol. The number of aliphatic carboxylic acids is 1. The van der Waals surface area contributed by atoms with Crippen molar-refractivity contribution >= 4 is 5.97 Å². The van der Waals surface area contributed by atoms with Gasteiger partial charge in [-0.05, 0) is 26.9 Å². The highest BCUT2D eigenvalue weighted by molar-refractivity contribution is 5.78. The van der Waals surface area contributed by atoms with Crippen LogP contribution in [0.1, 0.15) is 38.5 Å². The lowest BCUT2D eigenvalue weighted by molar-refractivity contribution is -0.150. The van der Waals surface area contributed by atoms with Gasteiger partial charge in [0.05, 0.1) is 0 Å². The standard InChI is InChI=1S/C10H19NO2/c1-11(2)10(9(12)13)7-5-3-4-6-8-10/h3-8H2,1-2H3,(H,12,13). The van der Waals surface area contributed by atoms with Crippen LogP contribution in [0.4, 0.5) is 0 Å². The van der Waals surface area contributed by atoms with Crippen molar-refractivity contribution in [2.24, 2.45) is 0 Å². The van der Waals surface area contributed by atoms with Gasteiger partial charge in [0.15, 0.2) is 0 Å². The van der Waals surface area contributed by atoms with Crippen LogP contribution in [0.5, 0.6) is 0 Å². The van der Waals surface area contributed by atoms with E-state index in [9.17, 15) is 9.90 Å². The van der Waals surface area contributed by atoms with Crippen LogP contribution in [0.25, 0.3) is 0 Å². The minimum absolute atomic E-state index is 0.587. The largest absolute Gasteiger partial charge is 0.480 e. The lowest BCUT2D eigenvalue weighted by Gasteiger charge is -2.34. The van der Waals surface area contributed by atoms with Gasteiger partial charge in [-0.2, -0.15) is 0 Å². The highest BCUT2D eigenvalue weighted by Crippen LogP contribution is 2.31. The quantitative estimate of drug-likeness (QED) is 0.666. The van der Waals surface area contributed by atoms with E-state index in [2.05, 4.69) is 0 Å². The van der Waals surface area contributed by atoms with Gasteiger partial charge in [-0.25, -0.2) is 0 Å². The van der Waals surface area contributed by atoms with E-state index in [-0.39, 0.29) is 0 Å². The van der Waals surface area contributed by atoms with Crippen molar-refractivity contribution < 1.29 is 9.90 Å². The maximum Gasteiger partial charge on any atom is 0.324 e. The third kappa shape index (κ3) is 2.02. The van der Waals surface area contributed by atoms with Crippen LogP contribution in [0, 0.1) is 0 Å². The predicted octanol–water partition coefficient (Wildman–Crippen LogP) is 1.73. The summed E-state index contributed by atoms with van der Waals surface area (Å²) >= 11 is 0. The zero-order chi connectivity index (χ0) is 9.90. The van der Waals surface area contributed by atoms with E-state index in [4.69, 9.17) is 0 Å². The second-order valence-electron chi connectivity index (χ2n) is 4.15. The second kappa shape index (κ2) is 4.09. The second-order valence-corrected chi connectivity index (χ2v) is 4.15. The Labute approximate surface area is 79.7 Å². The summed E-state index contributed by atoms with van der Waals surface area (Å²) in [6.45, 7) is 0. The lowest BCUT2D eigenvalue weighted by Crippen LogP contribution is -2.50. The van der Waals surface area contributed by atoms with Crippen LogP contribution in [0.3, 0.4) is 0 Å². The van der Waals surface area contributed by atoms with Gasteiger partial charge in [0, 0.05) is 0 Å². The summed E-state index contributed by atoms with van der Waals surface area (Å²) in [4.78, 5) is 13.1. The summed E-state index contributed by atoms with van der Waals surface area (Å²) in [5.41, 5.74) is -0.587. The minimum Gasteiger partial charge on any atom is -0.480 e. The Kier molecular flexibility index (Phi) is 3.31. The minimum atomic E-state index is -0.653. The molecule has 0 atom stereocenters. The summed E-state index contributed by atoms with van der Waals surface area (Å²) < 4.78 is 0. The predicted molar refractivity (Wildman–Crippen MR) is 51.8 cm³/mol. The Morgan fingerprint density at radius 1 is 1.15 bits per heavy atom. The van der Waals surface area contributed by atoms with Crippen LogP contribution >= 0.6 is 0 Å². The van der Waals surface area contributed by atoms with Crippen molar-refractivity contribution in [2.45, 2.75) is 44.1 Å². The molecule has 0 saturated heterocycles. The first-order valence-corrected chi connectivity index (χ1v) is 5.00. The molecule has 1 rings (SSSR count). The van der Waals surface area contributed by atoms with Gasteiger partial charge >= 0.3 is 5.97 Å². The number of carboxylic acids is 1. The molecule has 0 radical (unpaired) electrons. The van der Waals surface area contributed by atoms with E-state index in [1.165, 1.54) is 12.8 Å². The molecule has 1 N–H and O–H groups in total. The number of nitrogens with zero attached hydrogens (tertiary/aromatic N) is 1. The van der Waals surface area contributed by atoms with Gasteiger partial charge in [0.25, 0.3) is 0 Å². The van der Waals surface area contributed by atoms with Gasteiger partial charge in [-0.1, -0.05) is 25.7 Å². The molecule has 0 unspecified atom stereocenters. The molecule has 3 heteroatoms. The van der Waals surface area contributed by atoms with Crippen molar-refractivity contribution in [3.8, 4) is 0 Å². The molecule has 0 heterocycles. The van der Waals surface area contributed by atoms with Crippen molar-refractivity contribution in [1.82, 2.24) is 4.90 Å². The molecule has 13 heavy (non-hydrogen) atoms. The number of carboxylic acid groups (broad SMARTS) is 1. The zero-order valence-electron chi connectivity index (χ0n) is 8.55. The summed E-state index contributed by atoms with van der Waals surface area (Å²) in [6, 6.07) is 0. The fraction of sp³-hybridized carbons (Fsp3) is 0.900. The first-order chi connectivity index (χ1) is 6.09. The van der Waals surface area contributed by atoms with E-state index >= 15 is 0 Å². The molecule has 1 saturated carbocycles. The summed E-state index contributed by atoms with van der Waals surface area (Å²) in [5, 5.41) is 9.24. The molecular formula is C10H19NO2. The van der Waals surface area contributed by atoms with Crippen molar-refractivity contribution in [2.75, 3.05) is 14.1 Å². The first kappa shape index (κ1) is 10.5. The molecule has 3 nitrogen and oxygen atoms in total. The fourth-order valence-electron chi connectivity index (χ4n) is 2.17. The third-order valence-electron chi connectivity index (χ3n) is 3.18. The molecule has 1 fully saturated rings. The zero-order valence-corrected chi connectivity index (χ0v) is 8.55. The van der Waals surface area contributed by atoms with Crippen LogP contribution in [-0.2, 0) is 4.79 Å². The van der Waals surface area contributed by atoms with E-state index < -0.39 is 11.5 Å². The van der Waals surface area contributed by atoms with E-state index in [0.29, 0.717) is 0 Å². The molecule has 0 aromatic carbocycles. The SMILES string of the molecule is CN(C)C1(C(=O)O)CCCCCC1. The molecule has 0 aromatic rings. The Morgan fingerprint density at radius 2 is 1.62 bits per heavy atom. The molecular weight excluding hydrogens is 166 g/mol. The normalized spacial score (nSPS) is 22.7. The number of rotatable bonds is 2. The smallest absolute Gasteiger partial charge is 0.324 e. The number of hydrogen-bond donors (Lipinski definition) is 1. The molecule has 1 aliphatic rings. The van der Waals surface area contributed by atoms with Gasteiger partial charge in [-0.15, -0.1) is 0 Å². The van der Waals surface area contributed by atoms with E-state index in [0.717, 1.165) is 25.7 Å². The Hall–Kier alpha value is -0.570. The monoisotopic (exact) mass is 185 g/mol. The number of hydrogen-bond acceptors (Lipinski definition) is 2. The van der Waals surface area contributed by atoms with Crippen molar-refractivity contribution in [3.63, 3.8) is 0 Å². The van der Waals surface area contributed by atoms with Crippen LogP contribution in [0.2, 0.25) is 0 Å². The van der Waals surface area contributed by atoms with Crippen LogP contribution in [-0.4, -0.2) is 35.6 Å². The van der Waals surface area contributed by atoms with Gasteiger partial charge in [0.2, 0.25) is 0 Å². The van der Waals surface area contributed by atoms with E-state index in [1.54, 1.807) is 0 Å². The summed E-state index contributed by atoms with van der Waals surface area (Å²) in [5.74, 6) is -0.653. The maximum atomic E-state index is 11.2. The molecule has 0 aromatic heterocycles. The van der Waals surface area contributed by atoms with Gasteiger partial charge in [-0.3, -0.25) is 9.69 Å². The fourth-order valence-corrected chi connectivity index (χ4v) is 2.17. The van der Waals surface area contributed by atoms with E-state index in [1.807, 2.05) is 19.0 Å². The highest BCUT2D eigenvalue weighted by atomic mass is 16.4. The molecule has 0 aliphatic heterocycles. The molecule has 0 spiro atoms. The van der Waals surface area contributed by atoms with Crippen molar-refractivity contribution in [3.05, 3.63) is 0 Å². The maximum absolute atomic E-state index is 11.2. The lowest BCUT2D eigenvalue weighted by atomic mass is 9.89. The molecule has 0 amide bonds. The molecule has 76 valence electrons. The third-order valence-corrected chi connectivity index (χ3v) is 3.18. The van der Waals surface area contributed by atoms with Crippen LogP contribution in [0.15, 0.2) is 0 Å². The molecule has 1 aliphatic carbocycles. The summed E-state index contributed by atoms with van der Waals surface area (Å²) in [6.07, 6.45) is 6.06. The Balaban J connectivity index is 2.80. The number of likely N-dealkylation sites (N-methyl/N-ethyl adjacent to an activating group) is 1. The topological polar surface area (TPSA) is 40.5 Å². The first-order valence-electron chi connectivity index (χ1n) is 5.00. The average Bonchev–Trinajstić information content (AvgIpc) is 2.28. The van der Waals surface area contributed by atoms with Gasteiger partial charge < -0.3 is 5.11 Å². The van der Waals surface area contributed by atoms with Crippen molar-refractivity contribution in [1.29, 1.82) is 0 Å². The Morgan fingerprint density at radius 3 is 1.92 bits per heavy atom. The van der Waals surface area contributed by atoms with Crippen LogP contribution < -0.4 is 0 Å². The van der Waals surface area contributed by atoms with Gasteiger partial charge in [0.1, 0.15) is 5.54 Å². The molecule has 0 bridgehead atoms. The highest BCUT2D eigenvalue weighted by Gasteiger charge is 2.40. The number of carbonyl (C=O) groups is 1. The summed E-state index contributed by atoms with van der Waals surface area (Å²) in [7, 11) is 3.75.